The summed E-state index contributed by atoms with van der Waals surface area (Å²) in [6, 6.07) is 8.44. The highest BCUT2D eigenvalue weighted by Crippen LogP contribution is 2.34. The van der Waals surface area contributed by atoms with Crippen LogP contribution in [-0.4, -0.2) is 23.9 Å². The van der Waals surface area contributed by atoms with E-state index in [0.29, 0.717) is 17.4 Å². The molecule has 1 aromatic heterocycles. The van der Waals surface area contributed by atoms with Gasteiger partial charge in [-0.3, -0.25) is 9.59 Å². The predicted molar refractivity (Wildman–Crippen MR) is 112 cm³/mol. The van der Waals surface area contributed by atoms with E-state index >= 15 is 0 Å². The second-order valence-corrected chi connectivity index (χ2v) is 8.31. The van der Waals surface area contributed by atoms with Gasteiger partial charge in [-0.15, -0.1) is 0 Å². The lowest BCUT2D eigenvalue weighted by Crippen LogP contribution is -2.23. The largest absolute Gasteiger partial charge is 0.371 e. The van der Waals surface area contributed by atoms with E-state index < -0.39 is 0 Å². The number of H-pyrrole nitrogens is 1. The van der Waals surface area contributed by atoms with Gasteiger partial charge in [-0.2, -0.15) is 0 Å². The van der Waals surface area contributed by atoms with Crippen molar-refractivity contribution in [1.29, 1.82) is 0 Å². The first-order chi connectivity index (χ1) is 12.8. The lowest BCUT2D eigenvalue weighted by atomic mass is 9.92. The number of carbonyl (C=O) groups excluding carboxylic acids is 1. The minimum Gasteiger partial charge on any atom is -0.371 e. The van der Waals surface area contributed by atoms with Crippen LogP contribution in [0.4, 0.5) is 5.69 Å². The SMILES string of the molecule is CCc1c(-c2ccc(N3CCC(C)(C)C3)cc2)[nH]c(=O)c(C(C)=O)c1CC. The molecule has 0 radical (unpaired) electrons. The number of anilines is 1. The lowest BCUT2D eigenvalue weighted by Gasteiger charge is -2.22. The van der Waals surface area contributed by atoms with Crippen LogP contribution in [0, 0.1) is 5.41 Å². The van der Waals surface area contributed by atoms with E-state index in [1.54, 1.807) is 0 Å². The summed E-state index contributed by atoms with van der Waals surface area (Å²) in [6.07, 6.45) is 2.65. The minimum atomic E-state index is -0.281. The first-order valence-corrected chi connectivity index (χ1v) is 9.91. The number of benzene rings is 1. The van der Waals surface area contributed by atoms with Gasteiger partial charge in [-0.25, -0.2) is 0 Å². The highest BCUT2D eigenvalue weighted by molar-refractivity contribution is 5.96. The molecule has 0 saturated carbocycles. The van der Waals surface area contributed by atoms with Gasteiger partial charge in [0, 0.05) is 18.8 Å². The van der Waals surface area contributed by atoms with Gasteiger partial charge in [0.25, 0.3) is 5.56 Å². The van der Waals surface area contributed by atoms with Crippen LogP contribution in [-0.2, 0) is 12.8 Å². The number of carbonyl (C=O) groups is 1. The molecule has 4 nitrogen and oxygen atoms in total. The summed E-state index contributed by atoms with van der Waals surface area (Å²) in [5.41, 5.74) is 5.41. The molecule has 1 aliphatic heterocycles. The van der Waals surface area contributed by atoms with Crippen molar-refractivity contribution in [2.75, 3.05) is 18.0 Å². The lowest BCUT2D eigenvalue weighted by molar-refractivity contribution is 0.101. The second kappa shape index (κ2) is 7.34. The van der Waals surface area contributed by atoms with E-state index in [2.05, 4.69) is 54.9 Å². The van der Waals surface area contributed by atoms with Crippen LogP contribution in [0.15, 0.2) is 29.1 Å². The number of hydrogen-bond donors (Lipinski definition) is 1. The average Bonchev–Trinajstić information content (AvgIpc) is 3.00. The van der Waals surface area contributed by atoms with Crippen LogP contribution in [0.5, 0.6) is 0 Å². The Balaban J connectivity index is 2.03. The summed E-state index contributed by atoms with van der Waals surface area (Å²) in [5, 5.41) is 0. The molecule has 0 atom stereocenters. The number of pyridine rings is 1. The Kier molecular flexibility index (Phi) is 5.27. The van der Waals surface area contributed by atoms with E-state index in [4.69, 9.17) is 0 Å². The van der Waals surface area contributed by atoms with Gasteiger partial charge < -0.3 is 9.88 Å². The summed E-state index contributed by atoms with van der Waals surface area (Å²) >= 11 is 0. The number of rotatable bonds is 5. The molecule has 27 heavy (non-hydrogen) atoms. The summed E-state index contributed by atoms with van der Waals surface area (Å²) in [5.74, 6) is -0.165. The maximum atomic E-state index is 12.6. The summed E-state index contributed by atoms with van der Waals surface area (Å²) in [7, 11) is 0. The Hall–Kier alpha value is -2.36. The molecule has 3 rings (SSSR count). The Morgan fingerprint density at radius 1 is 1.11 bits per heavy atom. The maximum Gasteiger partial charge on any atom is 0.259 e. The van der Waals surface area contributed by atoms with Crippen LogP contribution in [0.3, 0.4) is 0 Å². The van der Waals surface area contributed by atoms with Crippen molar-refractivity contribution in [1.82, 2.24) is 4.98 Å². The summed E-state index contributed by atoms with van der Waals surface area (Å²) < 4.78 is 0. The molecular weight excluding hydrogens is 336 g/mol. The fraction of sp³-hybridized carbons (Fsp3) is 0.478. The standard InChI is InChI=1S/C23H30N2O2/c1-6-18-19(7-2)21(24-22(27)20(18)15(3)26)16-8-10-17(11-9-16)25-13-12-23(4,5)14-25/h8-11H,6-7,12-14H2,1-5H3,(H,24,27). The van der Waals surface area contributed by atoms with Crippen LogP contribution in [0.1, 0.15) is 62.5 Å². The molecule has 0 unspecified atom stereocenters. The van der Waals surface area contributed by atoms with Crippen molar-refractivity contribution >= 4 is 11.5 Å². The van der Waals surface area contributed by atoms with Crippen molar-refractivity contribution in [3.63, 3.8) is 0 Å². The summed E-state index contributed by atoms with van der Waals surface area (Å²) in [6.45, 7) is 12.3. The minimum absolute atomic E-state index is 0.165. The first kappa shape index (κ1) is 19.4. The van der Waals surface area contributed by atoms with Gasteiger partial charge in [0.15, 0.2) is 5.78 Å². The van der Waals surface area contributed by atoms with Gasteiger partial charge in [-0.1, -0.05) is 39.8 Å². The number of aromatic nitrogens is 1. The molecule has 144 valence electrons. The fourth-order valence-electron chi connectivity index (χ4n) is 4.26. The maximum absolute atomic E-state index is 12.6. The van der Waals surface area contributed by atoms with Gasteiger partial charge in [0.05, 0.1) is 11.3 Å². The number of Topliss-reactive ketones (excluding diaryl/α,β-unsaturated/α-hetero) is 1. The van der Waals surface area contributed by atoms with Crippen LogP contribution >= 0.6 is 0 Å². The van der Waals surface area contributed by atoms with Crippen LogP contribution < -0.4 is 10.5 Å². The van der Waals surface area contributed by atoms with Crippen molar-refractivity contribution in [3.05, 3.63) is 51.3 Å². The smallest absolute Gasteiger partial charge is 0.259 e. The normalized spacial score (nSPS) is 16.0. The molecule has 0 amide bonds. The van der Waals surface area contributed by atoms with E-state index in [1.807, 2.05) is 6.92 Å². The zero-order valence-electron chi connectivity index (χ0n) is 17.1. The molecule has 2 heterocycles. The van der Waals surface area contributed by atoms with Gasteiger partial charge in [0.1, 0.15) is 0 Å². The Bertz CT molecular complexity index is 907. The zero-order valence-corrected chi connectivity index (χ0v) is 17.1. The van der Waals surface area contributed by atoms with Gasteiger partial charge >= 0.3 is 0 Å². The number of aromatic amines is 1. The molecule has 1 fully saturated rings. The molecule has 2 aromatic rings. The zero-order chi connectivity index (χ0) is 19.8. The Morgan fingerprint density at radius 2 is 1.74 bits per heavy atom. The molecule has 0 bridgehead atoms. The predicted octanol–water partition coefficient (Wildman–Crippen LogP) is 4.61. The van der Waals surface area contributed by atoms with Gasteiger partial charge in [0.2, 0.25) is 0 Å². The number of nitrogens with one attached hydrogen (secondary N) is 1. The highest BCUT2D eigenvalue weighted by Gasteiger charge is 2.29. The molecule has 1 aliphatic rings. The molecule has 0 spiro atoms. The average molecular weight is 367 g/mol. The van der Waals surface area contributed by atoms with E-state index in [1.165, 1.54) is 19.0 Å². The monoisotopic (exact) mass is 366 g/mol. The van der Waals surface area contributed by atoms with Gasteiger partial charge in [-0.05, 0) is 60.4 Å². The number of nitrogens with zero attached hydrogens (tertiary/aromatic N) is 1. The van der Waals surface area contributed by atoms with E-state index in [9.17, 15) is 9.59 Å². The van der Waals surface area contributed by atoms with Crippen LogP contribution in [0.2, 0.25) is 0 Å². The third-order valence-corrected chi connectivity index (χ3v) is 5.69. The van der Waals surface area contributed by atoms with Crippen molar-refractivity contribution in [2.45, 2.75) is 53.9 Å². The van der Waals surface area contributed by atoms with Crippen molar-refractivity contribution in [3.8, 4) is 11.3 Å². The molecule has 4 heteroatoms. The molecular formula is C23H30N2O2. The van der Waals surface area contributed by atoms with Crippen molar-refractivity contribution < 1.29 is 4.79 Å². The number of ketones is 1. The fourth-order valence-corrected chi connectivity index (χ4v) is 4.26. The third-order valence-electron chi connectivity index (χ3n) is 5.69. The van der Waals surface area contributed by atoms with E-state index in [0.717, 1.165) is 41.9 Å². The molecule has 0 aliphatic carbocycles. The number of hydrogen-bond acceptors (Lipinski definition) is 3. The first-order valence-electron chi connectivity index (χ1n) is 9.91. The molecule has 1 aromatic carbocycles. The topological polar surface area (TPSA) is 53.2 Å². The Labute approximate surface area is 161 Å². The van der Waals surface area contributed by atoms with Crippen LogP contribution in [0.25, 0.3) is 11.3 Å². The second-order valence-electron chi connectivity index (χ2n) is 8.31. The summed E-state index contributed by atoms with van der Waals surface area (Å²) in [4.78, 5) is 29.9. The molecule has 1 N–H and O–H groups in total. The highest BCUT2D eigenvalue weighted by atomic mass is 16.1. The molecule has 1 saturated heterocycles. The van der Waals surface area contributed by atoms with E-state index in [-0.39, 0.29) is 11.3 Å². The van der Waals surface area contributed by atoms with Crippen molar-refractivity contribution in [2.24, 2.45) is 5.41 Å². The third kappa shape index (κ3) is 3.71. The quantitative estimate of drug-likeness (QED) is 0.787. The Morgan fingerprint density at radius 3 is 2.22 bits per heavy atom.